The van der Waals surface area contributed by atoms with Gasteiger partial charge in [0.05, 0.1) is 18.5 Å². The van der Waals surface area contributed by atoms with Crippen molar-refractivity contribution in [3.63, 3.8) is 0 Å². The standard InChI is InChI=1S/C22H24N4O4/c1-4-25(2)21(27)19-13-20(16-7-5-15(6-8-16)14-23-22(28)29)26(24-19)17-9-11-18(30-3)12-10-17/h5-13,23H,4,14H2,1-3H3,(H,28,29). The van der Waals surface area contributed by atoms with E-state index in [1.54, 1.807) is 29.8 Å². The van der Waals surface area contributed by atoms with Gasteiger partial charge in [0.2, 0.25) is 0 Å². The Morgan fingerprint density at radius 3 is 2.37 bits per heavy atom. The Bertz CT molecular complexity index is 1030. The van der Waals surface area contributed by atoms with E-state index in [0.717, 1.165) is 28.3 Å². The smallest absolute Gasteiger partial charge is 0.404 e. The van der Waals surface area contributed by atoms with Gasteiger partial charge < -0.3 is 20.1 Å². The number of amides is 2. The summed E-state index contributed by atoms with van der Waals surface area (Å²) < 4.78 is 6.95. The van der Waals surface area contributed by atoms with Gasteiger partial charge in [0.25, 0.3) is 5.91 Å². The quantitative estimate of drug-likeness (QED) is 0.625. The van der Waals surface area contributed by atoms with Crippen molar-refractivity contribution in [2.75, 3.05) is 20.7 Å². The highest BCUT2D eigenvalue weighted by Crippen LogP contribution is 2.26. The van der Waals surface area contributed by atoms with E-state index < -0.39 is 6.09 Å². The Kier molecular flexibility index (Phi) is 6.36. The Labute approximate surface area is 174 Å². The molecule has 0 saturated heterocycles. The normalized spacial score (nSPS) is 10.5. The summed E-state index contributed by atoms with van der Waals surface area (Å²) in [6, 6.07) is 16.6. The van der Waals surface area contributed by atoms with Gasteiger partial charge in [-0.2, -0.15) is 5.10 Å². The predicted molar refractivity (Wildman–Crippen MR) is 113 cm³/mol. The van der Waals surface area contributed by atoms with Crippen LogP contribution in [0.4, 0.5) is 4.79 Å². The lowest BCUT2D eigenvalue weighted by molar-refractivity contribution is 0.0796. The van der Waals surface area contributed by atoms with Gasteiger partial charge in [0.15, 0.2) is 5.69 Å². The summed E-state index contributed by atoms with van der Waals surface area (Å²) >= 11 is 0. The van der Waals surface area contributed by atoms with Crippen molar-refractivity contribution in [2.45, 2.75) is 13.5 Å². The van der Waals surface area contributed by atoms with E-state index in [2.05, 4.69) is 10.4 Å². The molecule has 0 aliphatic heterocycles. The Hall–Kier alpha value is -3.81. The summed E-state index contributed by atoms with van der Waals surface area (Å²) in [5.41, 5.74) is 3.59. The summed E-state index contributed by atoms with van der Waals surface area (Å²) in [4.78, 5) is 25.0. The van der Waals surface area contributed by atoms with Gasteiger partial charge in [0.1, 0.15) is 5.75 Å². The second-order valence-electron chi connectivity index (χ2n) is 6.70. The van der Waals surface area contributed by atoms with Crippen molar-refractivity contribution >= 4 is 12.0 Å². The maximum Gasteiger partial charge on any atom is 0.404 e. The molecule has 30 heavy (non-hydrogen) atoms. The molecule has 1 heterocycles. The summed E-state index contributed by atoms with van der Waals surface area (Å²) in [6.45, 7) is 2.70. The molecule has 2 amide bonds. The maximum absolute atomic E-state index is 12.7. The molecular weight excluding hydrogens is 384 g/mol. The molecule has 156 valence electrons. The lowest BCUT2D eigenvalue weighted by Crippen LogP contribution is -2.26. The molecule has 0 spiro atoms. The molecule has 2 aromatic carbocycles. The van der Waals surface area contributed by atoms with E-state index >= 15 is 0 Å². The third-order valence-electron chi connectivity index (χ3n) is 4.76. The van der Waals surface area contributed by atoms with E-state index in [0.29, 0.717) is 12.2 Å². The molecule has 3 aromatic rings. The number of ether oxygens (including phenoxy) is 1. The summed E-state index contributed by atoms with van der Waals surface area (Å²) in [5.74, 6) is 0.568. The predicted octanol–water partition coefficient (Wildman–Crippen LogP) is 3.41. The maximum atomic E-state index is 12.7. The highest BCUT2D eigenvalue weighted by molar-refractivity contribution is 5.93. The molecule has 3 rings (SSSR count). The zero-order chi connectivity index (χ0) is 21.7. The summed E-state index contributed by atoms with van der Waals surface area (Å²) in [7, 11) is 3.34. The van der Waals surface area contributed by atoms with Crippen LogP contribution in [0, 0.1) is 0 Å². The van der Waals surface area contributed by atoms with Crippen molar-refractivity contribution in [3.05, 3.63) is 65.9 Å². The van der Waals surface area contributed by atoms with Gasteiger partial charge >= 0.3 is 6.09 Å². The molecule has 8 heteroatoms. The fourth-order valence-electron chi connectivity index (χ4n) is 2.92. The molecule has 0 unspecified atom stereocenters. The molecule has 0 aliphatic carbocycles. The van der Waals surface area contributed by atoms with Crippen molar-refractivity contribution in [1.82, 2.24) is 20.0 Å². The Morgan fingerprint density at radius 1 is 1.13 bits per heavy atom. The molecule has 0 saturated carbocycles. The van der Waals surface area contributed by atoms with Crippen LogP contribution in [0.5, 0.6) is 5.75 Å². The first kappa shape index (κ1) is 20.9. The molecule has 0 bridgehead atoms. The number of benzene rings is 2. The third-order valence-corrected chi connectivity index (χ3v) is 4.76. The van der Waals surface area contributed by atoms with Gasteiger partial charge in [0, 0.05) is 25.7 Å². The topological polar surface area (TPSA) is 96.7 Å². The van der Waals surface area contributed by atoms with Gasteiger partial charge in [-0.25, -0.2) is 9.48 Å². The monoisotopic (exact) mass is 408 g/mol. The van der Waals surface area contributed by atoms with Crippen LogP contribution in [0.15, 0.2) is 54.6 Å². The summed E-state index contributed by atoms with van der Waals surface area (Å²) in [6.07, 6.45) is -1.07. The number of hydrogen-bond donors (Lipinski definition) is 2. The fourth-order valence-corrected chi connectivity index (χ4v) is 2.92. The Morgan fingerprint density at radius 2 is 1.80 bits per heavy atom. The number of methoxy groups -OCH3 is 1. The fraction of sp³-hybridized carbons (Fsp3) is 0.227. The van der Waals surface area contributed by atoms with Crippen LogP contribution in [0.1, 0.15) is 23.0 Å². The van der Waals surface area contributed by atoms with Gasteiger partial charge in [-0.1, -0.05) is 24.3 Å². The average molecular weight is 408 g/mol. The minimum absolute atomic E-state index is 0.159. The van der Waals surface area contributed by atoms with Crippen molar-refractivity contribution in [3.8, 4) is 22.7 Å². The van der Waals surface area contributed by atoms with E-state index in [9.17, 15) is 9.59 Å². The number of hydrogen-bond acceptors (Lipinski definition) is 4. The minimum Gasteiger partial charge on any atom is -0.497 e. The molecule has 0 aliphatic rings. The highest BCUT2D eigenvalue weighted by atomic mass is 16.5. The number of carboxylic acid groups (broad SMARTS) is 1. The molecule has 1 aromatic heterocycles. The van der Waals surface area contributed by atoms with Gasteiger partial charge in [-0.05, 0) is 42.8 Å². The van der Waals surface area contributed by atoms with Gasteiger partial charge in [-0.15, -0.1) is 0 Å². The molecule has 0 atom stereocenters. The van der Waals surface area contributed by atoms with E-state index in [4.69, 9.17) is 9.84 Å². The lowest BCUT2D eigenvalue weighted by Gasteiger charge is -2.12. The third kappa shape index (κ3) is 4.60. The molecular formula is C22H24N4O4. The van der Waals surface area contributed by atoms with E-state index in [1.807, 2.05) is 55.5 Å². The number of carbonyl (C=O) groups is 2. The van der Waals surface area contributed by atoms with Gasteiger partial charge in [-0.3, -0.25) is 4.79 Å². The average Bonchev–Trinajstić information content (AvgIpc) is 3.22. The first-order valence-corrected chi connectivity index (χ1v) is 9.49. The van der Waals surface area contributed by atoms with E-state index in [-0.39, 0.29) is 12.5 Å². The second kappa shape index (κ2) is 9.13. The second-order valence-corrected chi connectivity index (χ2v) is 6.70. The molecule has 0 fully saturated rings. The number of rotatable bonds is 7. The van der Waals surface area contributed by atoms with Crippen LogP contribution in [0.2, 0.25) is 0 Å². The number of nitrogens with zero attached hydrogens (tertiary/aromatic N) is 3. The Balaban J connectivity index is 2.01. The first-order valence-electron chi connectivity index (χ1n) is 9.49. The highest BCUT2D eigenvalue weighted by Gasteiger charge is 2.19. The molecule has 8 nitrogen and oxygen atoms in total. The molecule has 0 radical (unpaired) electrons. The van der Waals surface area contributed by atoms with Crippen molar-refractivity contribution in [2.24, 2.45) is 0 Å². The van der Waals surface area contributed by atoms with Crippen LogP contribution in [0.25, 0.3) is 16.9 Å². The molecule has 2 N–H and O–H groups in total. The van der Waals surface area contributed by atoms with Crippen molar-refractivity contribution in [1.29, 1.82) is 0 Å². The largest absolute Gasteiger partial charge is 0.497 e. The van der Waals surface area contributed by atoms with Crippen LogP contribution in [-0.4, -0.2) is 52.5 Å². The van der Waals surface area contributed by atoms with Crippen LogP contribution in [-0.2, 0) is 6.54 Å². The SMILES string of the molecule is CCN(C)C(=O)c1cc(-c2ccc(CNC(=O)O)cc2)n(-c2ccc(OC)cc2)n1. The summed E-state index contributed by atoms with van der Waals surface area (Å²) in [5, 5.41) is 15.7. The number of aromatic nitrogens is 2. The lowest BCUT2D eigenvalue weighted by atomic mass is 10.1. The van der Waals surface area contributed by atoms with Crippen LogP contribution in [0.3, 0.4) is 0 Å². The van der Waals surface area contributed by atoms with Crippen LogP contribution < -0.4 is 10.1 Å². The zero-order valence-corrected chi connectivity index (χ0v) is 17.1. The van der Waals surface area contributed by atoms with E-state index in [1.165, 1.54) is 0 Å². The van der Waals surface area contributed by atoms with Crippen molar-refractivity contribution < 1.29 is 19.4 Å². The van der Waals surface area contributed by atoms with Crippen LogP contribution >= 0.6 is 0 Å². The number of carbonyl (C=O) groups excluding carboxylic acids is 1. The minimum atomic E-state index is -1.07. The number of nitrogens with one attached hydrogen (secondary N) is 1. The zero-order valence-electron chi connectivity index (χ0n) is 17.1. The first-order chi connectivity index (χ1) is 14.4.